The second-order valence-corrected chi connectivity index (χ2v) is 6.62. The van der Waals surface area contributed by atoms with E-state index in [0.29, 0.717) is 18.1 Å². The quantitative estimate of drug-likeness (QED) is 0.565. The molecule has 7 nitrogen and oxygen atoms in total. The van der Waals surface area contributed by atoms with Crippen molar-refractivity contribution in [2.45, 2.75) is 13.8 Å². The predicted molar refractivity (Wildman–Crippen MR) is 98.3 cm³/mol. The molecule has 2 heterocycles. The summed E-state index contributed by atoms with van der Waals surface area (Å²) in [6.07, 6.45) is 1.40. The molecule has 8 heteroatoms. The molecule has 0 fully saturated rings. The molecule has 0 radical (unpaired) electrons. The highest BCUT2D eigenvalue weighted by Crippen LogP contribution is 2.23. The smallest absolute Gasteiger partial charge is 0.348 e. The molecule has 0 saturated carbocycles. The van der Waals surface area contributed by atoms with Gasteiger partial charge in [0.2, 0.25) is 0 Å². The van der Waals surface area contributed by atoms with Gasteiger partial charge < -0.3 is 19.4 Å². The molecule has 0 spiro atoms. The molecule has 0 aliphatic heterocycles. The van der Waals surface area contributed by atoms with Crippen LogP contribution in [-0.2, 0) is 9.53 Å². The average molecular weight is 376 g/mol. The Balaban J connectivity index is 1.88. The van der Waals surface area contributed by atoms with Crippen LogP contribution in [0.1, 0.15) is 34.1 Å². The zero-order valence-electron chi connectivity index (χ0n) is 14.6. The maximum absolute atomic E-state index is 12.1. The normalized spacial score (nSPS) is 10.2. The number of likely N-dealkylation sites (N-methyl/N-ethyl adjacent to an activating group) is 1. The van der Waals surface area contributed by atoms with Crippen LogP contribution in [0.4, 0.5) is 5.00 Å². The lowest BCUT2D eigenvalue weighted by Gasteiger charge is -2.20. The molecular weight excluding hydrogens is 356 g/mol. The molecule has 0 atom stereocenters. The lowest BCUT2D eigenvalue weighted by Crippen LogP contribution is -2.35. The third kappa shape index (κ3) is 5.32. The van der Waals surface area contributed by atoms with E-state index in [2.05, 4.69) is 11.9 Å². The molecule has 0 aliphatic carbocycles. The van der Waals surface area contributed by atoms with Crippen molar-refractivity contribution >= 4 is 34.1 Å². The van der Waals surface area contributed by atoms with Gasteiger partial charge in [-0.3, -0.25) is 9.59 Å². The van der Waals surface area contributed by atoms with Gasteiger partial charge in [-0.2, -0.15) is 0 Å². The highest BCUT2D eigenvalue weighted by molar-refractivity contribution is 7.18. The van der Waals surface area contributed by atoms with Gasteiger partial charge in [0.1, 0.15) is 4.88 Å². The average Bonchev–Trinajstić information content (AvgIpc) is 3.28. The molecule has 0 aromatic carbocycles. The van der Waals surface area contributed by atoms with Gasteiger partial charge in [0.15, 0.2) is 12.4 Å². The van der Waals surface area contributed by atoms with E-state index in [1.807, 2.05) is 13.8 Å². The molecule has 0 aliphatic rings. The van der Waals surface area contributed by atoms with E-state index in [1.165, 1.54) is 18.4 Å². The Morgan fingerprint density at radius 3 is 2.69 bits per heavy atom. The topological polar surface area (TPSA) is 88.9 Å². The Morgan fingerprint density at radius 1 is 1.31 bits per heavy atom. The number of hydrogen-bond donors (Lipinski definition) is 1. The van der Waals surface area contributed by atoms with Crippen LogP contribution in [-0.4, -0.2) is 42.4 Å². The zero-order valence-corrected chi connectivity index (χ0v) is 15.4. The van der Waals surface area contributed by atoms with Crippen LogP contribution in [0.3, 0.4) is 0 Å². The predicted octanol–water partition coefficient (Wildman–Crippen LogP) is 3.17. The van der Waals surface area contributed by atoms with Crippen molar-refractivity contribution in [1.82, 2.24) is 4.90 Å². The Bertz CT molecular complexity index is 794. The van der Waals surface area contributed by atoms with Crippen LogP contribution < -0.4 is 5.32 Å². The van der Waals surface area contributed by atoms with Gasteiger partial charge >= 0.3 is 5.97 Å². The van der Waals surface area contributed by atoms with Crippen LogP contribution >= 0.6 is 11.3 Å². The minimum Gasteiger partial charge on any atom is -0.459 e. The van der Waals surface area contributed by atoms with E-state index in [0.717, 1.165) is 16.9 Å². The van der Waals surface area contributed by atoms with E-state index in [9.17, 15) is 14.4 Å². The van der Waals surface area contributed by atoms with Crippen molar-refractivity contribution in [1.29, 1.82) is 0 Å². The number of esters is 1. The van der Waals surface area contributed by atoms with E-state index in [-0.39, 0.29) is 23.2 Å². The monoisotopic (exact) mass is 376 g/mol. The third-order valence-corrected chi connectivity index (χ3v) is 4.29. The molecule has 0 saturated heterocycles. The number of furan rings is 1. The minimum atomic E-state index is -0.617. The van der Waals surface area contributed by atoms with E-state index >= 15 is 0 Å². The SMILES string of the molecule is C=C(C)CN(CC)C(=O)COC(=O)c1ccc(NC(=O)c2ccco2)s1. The number of amides is 2. The number of carbonyl (C=O) groups excluding carboxylic acids is 3. The van der Waals surface area contributed by atoms with E-state index < -0.39 is 11.9 Å². The van der Waals surface area contributed by atoms with Crippen LogP contribution in [0.15, 0.2) is 47.1 Å². The first-order valence-corrected chi connectivity index (χ1v) is 8.76. The summed E-state index contributed by atoms with van der Waals surface area (Å²) in [6, 6.07) is 6.26. The lowest BCUT2D eigenvalue weighted by atomic mass is 10.3. The first-order chi connectivity index (χ1) is 12.4. The summed E-state index contributed by atoms with van der Waals surface area (Å²) in [5.41, 5.74) is 0.849. The van der Waals surface area contributed by atoms with E-state index in [4.69, 9.17) is 9.15 Å². The fraction of sp³-hybridized carbons (Fsp3) is 0.278. The van der Waals surface area contributed by atoms with Crippen molar-refractivity contribution in [2.24, 2.45) is 0 Å². The second-order valence-electron chi connectivity index (χ2n) is 5.54. The van der Waals surface area contributed by atoms with Crippen molar-refractivity contribution in [3.05, 3.63) is 53.3 Å². The Hall–Kier alpha value is -2.87. The van der Waals surface area contributed by atoms with Gasteiger partial charge in [0.05, 0.1) is 11.3 Å². The molecule has 2 aromatic rings. The molecule has 0 bridgehead atoms. The van der Waals surface area contributed by atoms with Gasteiger partial charge in [-0.25, -0.2) is 4.79 Å². The largest absolute Gasteiger partial charge is 0.459 e. The molecule has 26 heavy (non-hydrogen) atoms. The minimum absolute atomic E-state index is 0.172. The van der Waals surface area contributed by atoms with Gasteiger partial charge in [-0.1, -0.05) is 12.2 Å². The van der Waals surface area contributed by atoms with Gasteiger partial charge in [0, 0.05) is 13.1 Å². The van der Waals surface area contributed by atoms with Gasteiger partial charge in [-0.15, -0.1) is 11.3 Å². The summed E-state index contributed by atoms with van der Waals surface area (Å²) >= 11 is 1.06. The number of rotatable bonds is 8. The van der Waals surface area contributed by atoms with Gasteiger partial charge in [0.25, 0.3) is 11.8 Å². The first-order valence-electron chi connectivity index (χ1n) is 7.94. The molecule has 138 valence electrons. The summed E-state index contributed by atoms with van der Waals surface area (Å²) < 4.78 is 10.1. The molecular formula is C18H20N2O5S. The third-order valence-electron chi connectivity index (χ3n) is 3.31. The second kappa shape index (κ2) is 9.00. The lowest BCUT2D eigenvalue weighted by molar-refractivity contribution is -0.133. The number of ether oxygens (including phenoxy) is 1. The Morgan fingerprint density at radius 2 is 2.08 bits per heavy atom. The fourth-order valence-corrected chi connectivity index (χ4v) is 2.88. The Kier molecular flexibility index (Phi) is 6.74. The number of hydrogen-bond acceptors (Lipinski definition) is 6. The zero-order chi connectivity index (χ0) is 19.1. The summed E-state index contributed by atoms with van der Waals surface area (Å²) in [6.45, 7) is 8.03. The highest BCUT2D eigenvalue weighted by Gasteiger charge is 2.17. The molecule has 2 aromatic heterocycles. The van der Waals surface area contributed by atoms with E-state index in [1.54, 1.807) is 17.0 Å². The van der Waals surface area contributed by atoms with Crippen LogP contribution in [0.25, 0.3) is 0 Å². The van der Waals surface area contributed by atoms with Gasteiger partial charge in [-0.05, 0) is 38.1 Å². The van der Waals surface area contributed by atoms with Crippen LogP contribution in [0.2, 0.25) is 0 Å². The first kappa shape index (κ1) is 19.5. The molecule has 0 unspecified atom stereocenters. The summed E-state index contributed by atoms with van der Waals surface area (Å²) in [7, 11) is 0. The standard InChI is InChI=1S/C18H20N2O5S/c1-4-20(10-12(2)3)16(21)11-25-18(23)14-7-8-15(26-14)19-17(22)13-6-5-9-24-13/h5-9H,2,4,10-11H2,1,3H3,(H,19,22). The van der Waals surface area contributed by atoms with Crippen molar-refractivity contribution in [3.63, 3.8) is 0 Å². The fourth-order valence-electron chi connectivity index (χ4n) is 2.09. The van der Waals surface area contributed by atoms with Crippen molar-refractivity contribution < 1.29 is 23.5 Å². The maximum Gasteiger partial charge on any atom is 0.348 e. The summed E-state index contributed by atoms with van der Waals surface area (Å²) in [5, 5.41) is 3.10. The van der Waals surface area contributed by atoms with Crippen molar-refractivity contribution in [3.8, 4) is 0 Å². The maximum atomic E-state index is 12.1. The summed E-state index contributed by atoms with van der Waals surface area (Å²) in [4.78, 5) is 37.9. The number of carbonyl (C=O) groups is 3. The summed E-state index contributed by atoms with van der Waals surface area (Å²) in [5.74, 6) is -1.14. The number of nitrogens with one attached hydrogen (secondary N) is 1. The van der Waals surface area contributed by atoms with Crippen LogP contribution in [0.5, 0.6) is 0 Å². The number of nitrogens with zero attached hydrogens (tertiary/aromatic N) is 1. The molecule has 2 rings (SSSR count). The van der Waals surface area contributed by atoms with Crippen molar-refractivity contribution in [2.75, 3.05) is 25.0 Å². The Labute approximate surface area is 155 Å². The molecule has 1 N–H and O–H groups in total. The number of thiophene rings is 1. The number of anilines is 1. The highest BCUT2D eigenvalue weighted by atomic mass is 32.1. The van der Waals surface area contributed by atoms with Crippen LogP contribution in [0, 0.1) is 0 Å². The molecule has 2 amide bonds.